The Bertz CT molecular complexity index is 1090. The van der Waals surface area contributed by atoms with Gasteiger partial charge in [-0.3, -0.25) is 14.9 Å². The van der Waals surface area contributed by atoms with Crippen LogP contribution >= 0.6 is 0 Å². The standard InChI is InChI=1S/C21H22N4O5/c1-24(2)18-8-7-14(11-19(18)25(28)29)21(27)30-13-20(26)22-10-9-15-12-23-17-6-4-3-5-16(15)17/h3-8,11-12,23H,9-10,13H2,1-2H3,(H,22,26). The van der Waals surface area contributed by atoms with Crippen molar-refractivity contribution in [1.82, 2.24) is 10.3 Å². The van der Waals surface area contributed by atoms with E-state index < -0.39 is 23.4 Å². The van der Waals surface area contributed by atoms with Crippen LogP contribution in [0.3, 0.4) is 0 Å². The Morgan fingerprint density at radius 1 is 1.20 bits per heavy atom. The highest BCUT2D eigenvalue weighted by atomic mass is 16.6. The lowest BCUT2D eigenvalue weighted by Gasteiger charge is -2.13. The second-order valence-electron chi connectivity index (χ2n) is 6.89. The van der Waals surface area contributed by atoms with Gasteiger partial charge in [0.2, 0.25) is 0 Å². The van der Waals surface area contributed by atoms with Crippen LogP contribution in [0.5, 0.6) is 0 Å². The largest absolute Gasteiger partial charge is 0.452 e. The van der Waals surface area contributed by atoms with Gasteiger partial charge in [-0.1, -0.05) is 18.2 Å². The first-order chi connectivity index (χ1) is 14.4. The zero-order chi connectivity index (χ0) is 21.7. The van der Waals surface area contributed by atoms with Gasteiger partial charge < -0.3 is 19.9 Å². The molecule has 9 nitrogen and oxygen atoms in total. The highest BCUT2D eigenvalue weighted by molar-refractivity contribution is 5.93. The molecule has 3 aromatic rings. The summed E-state index contributed by atoms with van der Waals surface area (Å²) in [6.45, 7) is -0.0722. The number of anilines is 1. The number of aromatic amines is 1. The van der Waals surface area contributed by atoms with Gasteiger partial charge in [0.15, 0.2) is 6.61 Å². The summed E-state index contributed by atoms with van der Waals surface area (Å²) < 4.78 is 4.99. The molecule has 0 fully saturated rings. The van der Waals surface area contributed by atoms with Gasteiger partial charge in [0.05, 0.1) is 10.5 Å². The van der Waals surface area contributed by atoms with Crippen LogP contribution in [0.25, 0.3) is 10.9 Å². The number of ether oxygens (including phenoxy) is 1. The number of aromatic nitrogens is 1. The molecule has 0 atom stereocenters. The summed E-state index contributed by atoms with van der Waals surface area (Å²) >= 11 is 0. The van der Waals surface area contributed by atoms with Gasteiger partial charge in [-0.2, -0.15) is 0 Å². The molecule has 1 amide bonds. The lowest BCUT2D eigenvalue weighted by Crippen LogP contribution is -2.30. The lowest BCUT2D eigenvalue weighted by molar-refractivity contribution is -0.384. The topological polar surface area (TPSA) is 118 Å². The first-order valence-electron chi connectivity index (χ1n) is 9.31. The highest BCUT2D eigenvalue weighted by Crippen LogP contribution is 2.28. The van der Waals surface area contributed by atoms with E-state index in [0.717, 1.165) is 22.5 Å². The van der Waals surface area contributed by atoms with Crippen molar-refractivity contribution in [2.75, 3.05) is 32.1 Å². The third-order valence-corrected chi connectivity index (χ3v) is 4.62. The van der Waals surface area contributed by atoms with E-state index in [1.54, 1.807) is 19.0 Å². The molecular formula is C21H22N4O5. The lowest BCUT2D eigenvalue weighted by atomic mass is 10.1. The Labute approximate surface area is 172 Å². The summed E-state index contributed by atoms with van der Waals surface area (Å²) in [7, 11) is 3.34. The van der Waals surface area contributed by atoms with Crippen LogP contribution in [0.15, 0.2) is 48.7 Å². The summed E-state index contributed by atoms with van der Waals surface area (Å²) in [5, 5.41) is 15.0. The van der Waals surface area contributed by atoms with Crippen molar-refractivity contribution in [3.05, 3.63) is 69.9 Å². The molecule has 3 rings (SSSR count). The van der Waals surface area contributed by atoms with Gasteiger partial charge in [0, 0.05) is 43.8 Å². The van der Waals surface area contributed by atoms with E-state index in [2.05, 4.69) is 10.3 Å². The maximum Gasteiger partial charge on any atom is 0.338 e. The molecule has 0 bridgehead atoms. The summed E-state index contributed by atoms with van der Waals surface area (Å²) in [5.41, 5.74) is 2.28. The number of fused-ring (bicyclic) bond motifs is 1. The number of para-hydroxylation sites is 1. The number of hydrogen-bond donors (Lipinski definition) is 2. The van der Waals surface area contributed by atoms with Crippen LogP contribution in [-0.2, 0) is 16.0 Å². The minimum absolute atomic E-state index is 0.0129. The second kappa shape index (κ2) is 9.08. The number of nitrogens with zero attached hydrogens (tertiary/aromatic N) is 2. The van der Waals surface area contributed by atoms with E-state index >= 15 is 0 Å². The number of carbonyl (C=O) groups is 2. The number of nitro groups is 1. The van der Waals surface area contributed by atoms with Crippen molar-refractivity contribution in [1.29, 1.82) is 0 Å². The molecule has 0 saturated heterocycles. The van der Waals surface area contributed by atoms with E-state index in [0.29, 0.717) is 18.7 Å². The van der Waals surface area contributed by atoms with Crippen molar-refractivity contribution >= 4 is 34.2 Å². The Kier molecular flexibility index (Phi) is 6.31. The van der Waals surface area contributed by atoms with Gasteiger partial charge in [-0.05, 0) is 30.2 Å². The van der Waals surface area contributed by atoms with E-state index in [4.69, 9.17) is 4.74 Å². The molecule has 0 saturated carbocycles. The number of rotatable bonds is 8. The molecule has 0 unspecified atom stereocenters. The van der Waals surface area contributed by atoms with Crippen LogP contribution in [0, 0.1) is 10.1 Å². The van der Waals surface area contributed by atoms with Crippen molar-refractivity contribution in [3.8, 4) is 0 Å². The van der Waals surface area contributed by atoms with Crippen LogP contribution in [0.1, 0.15) is 15.9 Å². The summed E-state index contributed by atoms with van der Waals surface area (Å²) in [5.74, 6) is -1.24. The van der Waals surface area contributed by atoms with Crippen LogP contribution in [0.4, 0.5) is 11.4 Å². The van der Waals surface area contributed by atoms with Crippen molar-refractivity contribution < 1.29 is 19.2 Å². The molecule has 2 N–H and O–H groups in total. The maximum absolute atomic E-state index is 12.2. The third kappa shape index (κ3) is 4.75. The van der Waals surface area contributed by atoms with Gasteiger partial charge in [0.1, 0.15) is 5.69 Å². The smallest absolute Gasteiger partial charge is 0.338 e. The number of nitrogens with one attached hydrogen (secondary N) is 2. The van der Waals surface area contributed by atoms with Crippen LogP contribution < -0.4 is 10.2 Å². The van der Waals surface area contributed by atoms with Gasteiger partial charge in [0.25, 0.3) is 11.6 Å². The molecule has 1 heterocycles. The summed E-state index contributed by atoms with van der Waals surface area (Å²) in [6, 6.07) is 11.9. The van der Waals surface area contributed by atoms with Crippen molar-refractivity contribution in [3.63, 3.8) is 0 Å². The second-order valence-corrected chi connectivity index (χ2v) is 6.89. The van der Waals surface area contributed by atoms with Crippen LogP contribution in [-0.4, -0.2) is 49.0 Å². The van der Waals surface area contributed by atoms with E-state index in [1.165, 1.54) is 12.1 Å². The van der Waals surface area contributed by atoms with E-state index in [1.807, 2.05) is 30.5 Å². The Balaban J connectivity index is 1.51. The number of H-pyrrole nitrogens is 1. The van der Waals surface area contributed by atoms with E-state index in [-0.39, 0.29) is 11.3 Å². The predicted octanol–water partition coefficient (Wildman–Crippen LogP) is 2.66. The van der Waals surface area contributed by atoms with Crippen LogP contribution in [0.2, 0.25) is 0 Å². The number of esters is 1. The zero-order valence-electron chi connectivity index (χ0n) is 16.7. The van der Waals surface area contributed by atoms with Crippen molar-refractivity contribution in [2.24, 2.45) is 0 Å². The summed E-state index contributed by atoms with van der Waals surface area (Å²) in [6.07, 6.45) is 2.53. The Morgan fingerprint density at radius 3 is 2.70 bits per heavy atom. The highest BCUT2D eigenvalue weighted by Gasteiger charge is 2.20. The number of hydrogen-bond acceptors (Lipinski definition) is 6. The van der Waals surface area contributed by atoms with E-state index in [9.17, 15) is 19.7 Å². The third-order valence-electron chi connectivity index (χ3n) is 4.62. The molecule has 2 aromatic carbocycles. The fourth-order valence-electron chi connectivity index (χ4n) is 3.12. The number of carbonyl (C=O) groups excluding carboxylic acids is 2. The molecular weight excluding hydrogens is 388 g/mol. The van der Waals surface area contributed by atoms with Gasteiger partial charge in [-0.15, -0.1) is 0 Å². The molecule has 156 valence electrons. The number of benzene rings is 2. The van der Waals surface area contributed by atoms with Gasteiger partial charge >= 0.3 is 5.97 Å². The average Bonchev–Trinajstić information content (AvgIpc) is 3.14. The van der Waals surface area contributed by atoms with Crippen molar-refractivity contribution in [2.45, 2.75) is 6.42 Å². The average molecular weight is 410 g/mol. The quantitative estimate of drug-likeness (QED) is 0.335. The number of nitro benzene ring substituents is 1. The molecule has 0 aliphatic rings. The monoisotopic (exact) mass is 410 g/mol. The Morgan fingerprint density at radius 2 is 1.97 bits per heavy atom. The molecule has 30 heavy (non-hydrogen) atoms. The summed E-state index contributed by atoms with van der Waals surface area (Å²) in [4.78, 5) is 39.6. The molecule has 0 aliphatic heterocycles. The first-order valence-corrected chi connectivity index (χ1v) is 9.31. The molecule has 9 heteroatoms. The minimum atomic E-state index is -0.796. The number of amides is 1. The predicted molar refractivity (Wildman–Crippen MR) is 113 cm³/mol. The first kappa shape index (κ1) is 20.8. The molecule has 0 radical (unpaired) electrons. The molecule has 1 aromatic heterocycles. The zero-order valence-corrected chi connectivity index (χ0v) is 16.7. The Hall–Kier alpha value is -3.88. The fraction of sp³-hybridized carbons (Fsp3) is 0.238. The maximum atomic E-state index is 12.2. The molecule has 0 aliphatic carbocycles. The normalized spacial score (nSPS) is 10.6. The minimum Gasteiger partial charge on any atom is -0.452 e. The van der Waals surface area contributed by atoms with Gasteiger partial charge in [-0.25, -0.2) is 4.79 Å². The SMILES string of the molecule is CN(C)c1ccc(C(=O)OCC(=O)NCCc2c[nH]c3ccccc23)cc1[N+](=O)[O-]. The fourth-order valence-corrected chi connectivity index (χ4v) is 3.12. The molecule has 0 spiro atoms.